The highest BCUT2D eigenvalue weighted by Gasteiger charge is 2.10. The predicted octanol–water partition coefficient (Wildman–Crippen LogP) is 5.39. The van der Waals surface area contributed by atoms with Gasteiger partial charge in [-0.3, -0.25) is 0 Å². The van der Waals surface area contributed by atoms with Crippen LogP contribution in [0.3, 0.4) is 0 Å². The van der Waals surface area contributed by atoms with E-state index in [4.69, 9.17) is 4.98 Å². The van der Waals surface area contributed by atoms with Crippen molar-refractivity contribution >= 4 is 39.0 Å². The Bertz CT molecular complexity index is 1120. The lowest BCUT2D eigenvalue weighted by Gasteiger charge is -2.14. The van der Waals surface area contributed by atoms with Gasteiger partial charge in [0.05, 0.1) is 10.2 Å². The van der Waals surface area contributed by atoms with Crippen LogP contribution in [-0.4, -0.2) is 46.0 Å². The summed E-state index contributed by atoms with van der Waals surface area (Å²) < 4.78 is 1.20. The molecule has 0 aliphatic carbocycles. The molecule has 0 radical (unpaired) electrons. The third kappa shape index (κ3) is 5.00. The molecule has 31 heavy (non-hydrogen) atoms. The van der Waals surface area contributed by atoms with Crippen molar-refractivity contribution in [2.24, 2.45) is 0 Å². The molecule has 1 aliphatic heterocycles. The fourth-order valence-electron chi connectivity index (χ4n) is 3.90. The minimum atomic E-state index is 0.589. The fourth-order valence-corrected chi connectivity index (χ4v) is 4.86. The molecule has 1 fully saturated rings. The maximum atomic E-state index is 4.76. The van der Waals surface area contributed by atoms with Crippen molar-refractivity contribution in [3.63, 3.8) is 0 Å². The average molecular weight is 431 g/mol. The van der Waals surface area contributed by atoms with Crippen molar-refractivity contribution in [3.05, 3.63) is 60.8 Å². The summed E-state index contributed by atoms with van der Waals surface area (Å²) in [6.45, 7) is 4.57. The van der Waals surface area contributed by atoms with Gasteiger partial charge in [0.2, 0.25) is 5.95 Å². The van der Waals surface area contributed by atoms with Crippen molar-refractivity contribution in [1.29, 1.82) is 0 Å². The van der Waals surface area contributed by atoms with E-state index in [0.717, 1.165) is 47.1 Å². The molecule has 4 aromatic rings. The normalized spacial score (nSPS) is 14.2. The predicted molar refractivity (Wildman–Crippen MR) is 129 cm³/mol. The topological polar surface area (TPSA) is 66.0 Å². The molecule has 0 spiro atoms. The number of likely N-dealkylation sites (tertiary alicyclic amines) is 1. The molecule has 6 nitrogen and oxygen atoms in total. The van der Waals surface area contributed by atoms with Gasteiger partial charge in [-0.25, -0.2) is 9.97 Å². The maximum Gasteiger partial charge on any atom is 0.229 e. The first-order valence-corrected chi connectivity index (χ1v) is 11.7. The van der Waals surface area contributed by atoms with Crippen LogP contribution in [0, 0.1) is 0 Å². The zero-order valence-corrected chi connectivity index (χ0v) is 18.2. The van der Waals surface area contributed by atoms with Crippen LogP contribution < -0.4 is 10.6 Å². The highest BCUT2D eigenvalue weighted by Crippen LogP contribution is 2.31. The van der Waals surface area contributed by atoms with Crippen LogP contribution in [0.25, 0.3) is 20.8 Å². The van der Waals surface area contributed by atoms with E-state index in [-0.39, 0.29) is 0 Å². The molecule has 158 valence electrons. The lowest BCUT2D eigenvalue weighted by atomic mass is 10.2. The first kappa shape index (κ1) is 19.9. The number of fused-ring (bicyclic) bond motifs is 1. The van der Waals surface area contributed by atoms with Gasteiger partial charge >= 0.3 is 0 Å². The number of benzene rings is 2. The van der Waals surface area contributed by atoms with Crippen molar-refractivity contribution in [3.8, 4) is 10.6 Å². The van der Waals surface area contributed by atoms with Crippen LogP contribution >= 0.6 is 11.3 Å². The third-order valence-electron chi connectivity index (χ3n) is 5.47. The zero-order valence-electron chi connectivity index (χ0n) is 17.4. The van der Waals surface area contributed by atoms with E-state index in [2.05, 4.69) is 49.8 Å². The number of nitrogens with one attached hydrogen (secondary N) is 2. The number of anilines is 3. The number of hydrogen-bond acceptors (Lipinski definition) is 7. The van der Waals surface area contributed by atoms with E-state index in [1.807, 2.05) is 30.3 Å². The number of nitrogens with zero attached hydrogens (tertiary/aromatic N) is 4. The summed E-state index contributed by atoms with van der Waals surface area (Å²) >= 11 is 1.70. The molecule has 1 saturated heterocycles. The maximum absolute atomic E-state index is 4.76. The van der Waals surface area contributed by atoms with Crippen LogP contribution in [0.1, 0.15) is 19.3 Å². The summed E-state index contributed by atoms with van der Waals surface area (Å²) in [5, 5.41) is 7.76. The third-order valence-corrected chi connectivity index (χ3v) is 6.56. The molecule has 0 unspecified atom stereocenters. The van der Waals surface area contributed by atoms with Gasteiger partial charge in [0, 0.05) is 24.0 Å². The van der Waals surface area contributed by atoms with Gasteiger partial charge in [0.15, 0.2) is 0 Å². The highest BCUT2D eigenvalue weighted by atomic mass is 32.1. The Morgan fingerprint density at radius 1 is 0.968 bits per heavy atom. The Hall–Kier alpha value is -3.03. The minimum absolute atomic E-state index is 0.589. The quantitative estimate of drug-likeness (QED) is 0.365. The van der Waals surface area contributed by atoms with Crippen LogP contribution in [-0.2, 0) is 0 Å². The molecular formula is C24H26N6S. The molecule has 5 rings (SSSR count). The second-order valence-electron chi connectivity index (χ2n) is 7.79. The largest absolute Gasteiger partial charge is 0.370 e. The van der Waals surface area contributed by atoms with Crippen LogP contribution in [0.15, 0.2) is 60.8 Å². The zero-order chi connectivity index (χ0) is 20.9. The first-order valence-electron chi connectivity index (χ1n) is 10.9. The van der Waals surface area contributed by atoms with Gasteiger partial charge in [-0.05, 0) is 69.2 Å². The SMILES string of the molecule is c1cc(Nc2nccc(NCCCN3CCCC3)n2)cc(-c2nc3ccccc3s2)c1. The molecule has 0 atom stereocenters. The van der Waals surface area contributed by atoms with Gasteiger partial charge in [0.25, 0.3) is 0 Å². The van der Waals surface area contributed by atoms with Crippen molar-refractivity contribution in [1.82, 2.24) is 19.9 Å². The van der Waals surface area contributed by atoms with E-state index >= 15 is 0 Å². The van der Waals surface area contributed by atoms with E-state index in [0.29, 0.717) is 5.95 Å². The molecule has 2 aromatic carbocycles. The number of hydrogen-bond donors (Lipinski definition) is 2. The molecule has 1 aliphatic rings. The molecule has 0 bridgehead atoms. The van der Waals surface area contributed by atoms with Gasteiger partial charge < -0.3 is 15.5 Å². The summed E-state index contributed by atoms with van der Waals surface area (Å²) in [6, 6.07) is 18.4. The summed E-state index contributed by atoms with van der Waals surface area (Å²) in [4.78, 5) is 16.3. The lowest BCUT2D eigenvalue weighted by Crippen LogP contribution is -2.22. The van der Waals surface area contributed by atoms with Gasteiger partial charge in [-0.15, -0.1) is 11.3 Å². The lowest BCUT2D eigenvalue weighted by molar-refractivity contribution is 0.337. The van der Waals surface area contributed by atoms with E-state index in [1.165, 1.54) is 30.6 Å². The Kier molecular flexibility index (Phi) is 6.04. The summed E-state index contributed by atoms with van der Waals surface area (Å²) in [7, 11) is 0. The Labute approximate surface area is 186 Å². The molecule has 2 N–H and O–H groups in total. The summed E-state index contributed by atoms with van der Waals surface area (Å²) in [5.74, 6) is 1.44. The molecule has 0 amide bonds. The van der Waals surface area contributed by atoms with Crippen molar-refractivity contribution < 1.29 is 0 Å². The summed E-state index contributed by atoms with van der Waals surface area (Å²) in [6.07, 6.45) is 5.59. The van der Waals surface area contributed by atoms with Crippen LogP contribution in [0.2, 0.25) is 0 Å². The van der Waals surface area contributed by atoms with Gasteiger partial charge in [-0.2, -0.15) is 4.98 Å². The Morgan fingerprint density at radius 3 is 2.77 bits per heavy atom. The van der Waals surface area contributed by atoms with Gasteiger partial charge in [-0.1, -0.05) is 24.3 Å². The van der Waals surface area contributed by atoms with Crippen LogP contribution in [0.5, 0.6) is 0 Å². The van der Waals surface area contributed by atoms with Crippen LogP contribution in [0.4, 0.5) is 17.5 Å². The number of para-hydroxylation sites is 1. The molecule has 2 aromatic heterocycles. The fraction of sp³-hybridized carbons (Fsp3) is 0.292. The number of aromatic nitrogens is 3. The first-order chi connectivity index (χ1) is 15.3. The smallest absolute Gasteiger partial charge is 0.229 e. The second kappa shape index (κ2) is 9.41. The van der Waals surface area contributed by atoms with E-state index in [9.17, 15) is 0 Å². The standard InChI is InChI=1S/C24H26N6S/c1-2-10-21-20(9-1)28-23(31-21)18-7-5-8-19(17-18)27-24-26-13-11-22(29-24)25-12-6-16-30-14-3-4-15-30/h1-2,5,7-11,13,17H,3-4,6,12,14-16H2,(H2,25,26,27,29). The second-order valence-corrected chi connectivity index (χ2v) is 8.82. The monoisotopic (exact) mass is 430 g/mol. The van der Waals surface area contributed by atoms with Crippen molar-refractivity contribution in [2.75, 3.05) is 36.8 Å². The highest BCUT2D eigenvalue weighted by molar-refractivity contribution is 7.21. The number of rotatable bonds is 8. The van der Waals surface area contributed by atoms with E-state index in [1.54, 1.807) is 17.5 Å². The Balaban J connectivity index is 1.22. The molecule has 3 heterocycles. The minimum Gasteiger partial charge on any atom is -0.370 e. The van der Waals surface area contributed by atoms with E-state index < -0.39 is 0 Å². The summed E-state index contributed by atoms with van der Waals surface area (Å²) in [5.41, 5.74) is 3.07. The average Bonchev–Trinajstić information content (AvgIpc) is 3.47. The molecular weight excluding hydrogens is 404 g/mol. The van der Waals surface area contributed by atoms with Gasteiger partial charge in [0.1, 0.15) is 10.8 Å². The Morgan fingerprint density at radius 2 is 1.87 bits per heavy atom. The molecule has 0 saturated carbocycles. The number of thiazole rings is 1. The molecule has 7 heteroatoms. The van der Waals surface area contributed by atoms with Crippen molar-refractivity contribution in [2.45, 2.75) is 19.3 Å².